The number of hydrogen-bond donors (Lipinski definition) is 0. The van der Waals surface area contributed by atoms with Gasteiger partial charge in [-0.2, -0.15) is 0 Å². The molecule has 5 heteroatoms. The summed E-state index contributed by atoms with van der Waals surface area (Å²) in [4.78, 5) is 30.8. The van der Waals surface area contributed by atoms with E-state index in [2.05, 4.69) is 9.80 Å². The third kappa shape index (κ3) is 4.00. The van der Waals surface area contributed by atoms with Crippen molar-refractivity contribution in [2.75, 3.05) is 45.8 Å². The second kappa shape index (κ2) is 6.99. The number of carbonyl (C=O) groups is 2. The molecule has 0 radical (unpaired) electrons. The van der Waals surface area contributed by atoms with Crippen LogP contribution in [0.25, 0.3) is 0 Å². The molecule has 2 saturated heterocycles. The van der Waals surface area contributed by atoms with Crippen molar-refractivity contribution >= 4 is 11.8 Å². The number of carbonyl (C=O) groups excluding carboxylic acids is 2. The molecule has 2 amide bonds. The second-order valence-corrected chi connectivity index (χ2v) is 7.23. The van der Waals surface area contributed by atoms with Crippen LogP contribution in [0.3, 0.4) is 0 Å². The summed E-state index contributed by atoms with van der Waals surface area (Å²) >= 11 is 0. The van der Waals surface area contributed by atoms with Crippen molar-refractivity contribution in [2.24, 2.45) is 11.8 Å². The number of piperidine rings is 1. The van der Waals surface area contributed by atoms with Gasteiger partial charge in [0.2, 0.25) is 11.8 Å². The zero-order valence-corrected chi connectivity index (χ0v) is 13.8. The minimum atomic E-state index is 0.0210. The molecule has 1 atom stereocenters. The fourth-order valence-corrected chi connectivity index (χ4v) is 3.76. The molecular weight excluding hydrogens is 278 g/mol. The van der Waals surface area contributed by atoms with Gasteiger partial charge in [0.15, 0.2) is 0 Å². The lowest BCUT2D eigenvalue weighted by molar-refractivity contribution is -0.140. The van der Waals surface area contributed by atoms with Crippen molar-refractivity contribution in [1.82, 2.24) is 14.7 Å². The number of hydrogen-bond acceptors (Lipinski definition) is 3. The highest BCUT2D eigenvalue weighted by molar-refractivity contribution is 5.80. The van der Waals surface area contributed by atoms with Crippen LogP contribution in [0.4, 0.5) is 0 Å². The summed E-state index contributed by atoms with van der Waals surface area (Å²) in [6.45, 7) is 8.16. The van der Waals surface area contributed by atoms with Crippen molar-refractivity contribution in [3.63, 3.8) is 0 Å². The predicted octanol–water partition coefficient (Wildman–Crippen LogP) is 1.19. The Hall–Kier alpha value is -1.10. The van der Waals surface area contributed by atoms with E-state index in [0.717, 1.165) is 57.9 Å². The molecule has 0 aromatic carbocycles. The van der Waals surface area contributed by atoms with Crippen molar-refractivity contribution in [2.45, 2.75) is 39.0 Å². The number of nitrogens with zero attached hydrogens (tertiary/aromatic N) is 3. The summed E-state index contributed by atoms with van der Waals surface area (Å²) in [5, 5.41) is 0. The molecule has 0 aromatic rings. The summed E-state index contributed by atoms with van der Waals surface area (Å²) in [6.07, 6.45) is 5.76. The van der Waals surface area contributed by atoms with Gasteiger partial charge in [-0.1, -0.05) is 0 Å². The maximum absolute atomic E-state index is 12.8. The van der Waals surface area contributed by atoms with E-state index >= 15 is 0 Å². The Kier molecular flexibility index (Phi) is 5.01. The van der Waals surface area contributed by atoms with E-state index in [1.807, 2.05) is 4.90 Å². The smallest absolute Gasteiger partial charge is 0.227 e. The first-order valence-corrected chi connectivity index (χ1v) is 8.90. The SMILES string of the molecule is CC(=O)N1CCCC(C(=O)N2CCCN(CC3CC3)CC2)C1. The molecule has 124 valence electrons. The van der Waals surface area contributed by atoms with Gasteiger partial charge in [0.25, 0.3) is 0 Å². The standard InChI is InChI=1S/C17H29N3O2/c1-14(21)20-8-2-4-16(13-20)17(22)19-9-3-7-18(10-11-19)12-15-5-6-15/h15-16H,2-13H2,1H3. The van der Waals surface area contributed by atoms with Gasteiger partial charge in [0.1, 0.15) is 0 Å². The molecule has 5 nitrogen and oxygen atoms in total. The molecule has 1 aliphatic carbocycles. The number of rotatable bonds is 3. The van der Waals surface area contributed by atoms with Crippen LogP contribution in [0, 0.1) is 11.8 Å². The molecule has 0 aromatic heterocycles. The van der Waals surface area contributed by atoms with E-state index in [9.17, 15) is 9.59 Å². The molecule has 0 N–H and O–H groups in total. The topological polar surface area (TPSA) is 43.9 Å². The minimum absolute atomic E-state index is 0.0210. The van der Waals surface area contributed by atoms with Gasteiger partial charge in [0.05, 0.1) is 5.92 Å². The highest BCUT2D eigenvalue weighted by Gasteiger charge is 2.31. The van der Waals surface area contributed by atoms with Crippen LogP contribution < -0.4 is 0 Å². The molecule has 0 spiro atoms. The van der Waals surface area contributed by atoms with Gasteiger partial charge in [0, 0.05) is 46.2 Å². The molecule has 2 aliphatic heterocycles. The summed E-state index contributed by atoms with van der Waals surface area (Å²) in [7, 11) is 0. The average Bonchev–Trinajstić information content (AvgIpc) is 3.35. The third-order valence-electron chi connectivity index (χ3n) is 5.33. The highest BCUT2D eigenvalue weighted by Crippen LogP contribution is 2.30. The molecule has 0 bridgehead atoms. The van der Waals surface area contributed by atoms with Gasteiger partial charge < -0.3 is 14.7 Å². The Morgan fingerprint density at radius 3 is 2.41 bits per heavy atom. The zero-order valence-electron chi connectivity index (χ0n) is 13.8. The van der Waals surface area contributed by atoms with Crippen LogP contribution in [0.1, 0.15) is 39.0 Å². The maximum atomic E-state index is 12.8. The number of likely N-dealkylation sites (tertiary alicyclic amines) is 1. The Balaban J connectivity index is 1.51. The second-order valence-electron chi connectivity index (χ2n) is 7.23. The van der Waals surface area contributed by atoms with Crippen LogP contribution >= 0.6 is 0 Å². The molecule has 2 heterocycles. The van der Waals surface area contributed by atoms with E-state index < -0.39 is 0 Å². The Morgan fingerprint density at radius 1 is 0.909 bits per heavy atom. The first-order valence-electron chi connectivity index (χ1n) is 8.90. The summed E-state index contributed by atoms with van der Waals surface area (Å²) in [6, 6.07) is 0. The van der Waals surface area contributed by atoms with Crippen molar-refractivity contribution < 1.29 is 9.59 Å². The molecular formula is C17H29N3O2. The quantitative estimate of drug-likeness (QED) is 0.787. The lowest BCUT2D eigenvalue weighted by atomic mass is 9.96. The van der Waals surface area contributed by atoms with E-state index in [1.54, 1.807) is 6.92 Å². The van der Waals surface area contributed by atoms with Gasteiger partial charge in [-0.3, -0.25) is 9.59 Å². The number of amides is 2. The minimum Gasteiger partial charge on any atom is -0.342 e. The van der Waals surface area contributed by atoms with Crippen molar-refractivity contribution in [1.29, 1.82) is 0 Å². The van der Waals surface area contributed by atoms with Crippen LogP contribution in [-0.2, 0) is 9.59 Å². The Bertz CT molecular complexity index is 422. The van der Waals surface area contributed by atoms with Crippen LogP contribution in [-0.4, -0.2) is 72.3 Å². The molecule has 1 unspecified atom stereocenters. The van der Waals surface area contributed by atoms with Crippen LogP contribution in [0.15, 0.2) is 0 Å². The zero-order chi connectivity index (χ0) is 15.5. The molecule has 3 rings (SSSR count). The lowest BCUT2D eigenvalue weighted by Crippen LogP contribution is -2.47. The maximum Gasteiger partial charge on any atom is 0.227 e. The molecule has 22 heavy (non-hydrogen) atoms. The predicted molar refractivity (Wildman–Crippen MR) is 85.3 cm³/mol. The van der Waals surface area contributed by atoms with Gasteiger partial charge in [-0.25, -0.2) is 0 Å². The normalized spacial score (nSPS) is 27.6. The highest BCUT2D eigenvalue weighted by atomic mass is 16.2. The Labute approximate surface area is 133 Å². The first kappa shape index (κ1) is 15.8. The van der Waals surface area contributed by atoms with Crippen molar-refractivity contribution in [3.05, 3.63) is 0 Å². The average molecular weight is 307 g/mol. The summed E-state index contributed by atoms with van der Waals surface area (Å²) in [5.74, 6) is 1.32. The molecule has 3 aliphatic rings. The molecule has 3 fully saturated rings. The Morgan fingerprint density at radius 2 is 1.68 bits per heavy atom. The monoisotopic (exact) mass is 307 g/mol. The summed E-state index contributed by atoms with van der Waals surface area (Å²) < 4.78 is 0. The van der Waals surface area contributed by atoms with E-state index in [4.69, 9.17) is 0 Å². The first-order chi connectivity index (χ1) is 10.6. The third-order valence-corrected chi connectivity index (χ3v) is 5.33. The van der Waals surface area contributed by atoms with Crippen LogP contribution in [0.2, 0.25) is 0 Å². The van der Waals surface area contributed by atoms with Gasteiger partial charge in [-0.15, -0.1) is 0 Å². The lowest BCUT2D eigenvalue weighted by Gasteiger charge is -2.34. The fourth-order valence-electron chi connectivity index (χ4n) is 3.76. The van der Waals surface area contributed by atoms with Gasteiger partial charge in [-0.05, 0) is 44.6 Å². The summed E-state index contributed by atoms with van der Waals surface area (Å²) in [5.41, 5.74) is 0. The molecule has 1 saturated carbocycles. The van der Waals surface area contributed by atoms with E-state index in [0.29, 0.717) is 6.54 Å². The van der Waals surface area contributed by atoms with Crippen LogP contribution in [0.5, 0.6) is 0 Å². The van der Waals surface area contributed by atoms with E-state index in [1.165, 1.54) is 19.4 Å². The van der Waals surface area contributed by atoms with E-state index in [-0.39, 0.29) is 17.7 Å². The fraction of sp³-hybridized carbons (Fsp3) is 0.882. The largest absolute Gasteiger partial charge is 0.342 e. The van der Waals surface area contributed by atoms with Crippen molar-refractivity contribution in [3.8, 4) is 0 Å². The van der Waals surface area contributed by atoms with Gasteiger partial charge >= 0.3 is 0 Å².